The molecule has 12 nitrogen and oxygen atoms in total. The molecule has 1 aromatic heterocycles. The lowest BCUT2D eigenvalue weighted by Gasteiger charge is -2.35. The van der Waals surface area contributed by atoms with Crippen molar-refractivity contribution in [2.75, 3.05) is 57.8 Å². The molecule has 0 spiro atoms. The number of carbonyl (C=O) groups is 3. The Labute approximate surface area is 276 Å². The molecule has 12 heteroatoms. The third kappa shape index (κ3) is 9.64. The average molecular weight is 643 g/mol. The number of carbonyl (C=O) groups excluding carboxylic acids is 3. The number of hydrogen-bond acceptors (Lipinski definition) is 9. The Morgan fingerprint density at radius 2 is 1.81 bits per heavy atom. The van der Waals surface area contributed by atoms with Gasteiger partial charge in [-0.05, 0) is 70.0 Å². The van der Waals surface area contributed by atoms with E-state index in [1.807, 2.05) is 76.4 Å². The van der Waals surface area contributed by atoms with E-state index in [9.17, 15) is 14.4 Å². The van der Waals surface area contributed by atoms with E-state index >= 15 is 0 Å². The molecule has 2 heterocycles. The van der Waals surface area contributed by atoms with Crippen molar-refractivity contribution in [2.45, 2.75) is 52.3 Å². The van der Waals surface area contributed by atoms with Crippen molar-refractivity contribution in [3.8, 4) is 17.2 Å². The average Bonchev–Trinajstić information content (AvgIpc) is 3.05. The van der Waals surface area contributed by atoms with Gasteiger partial charge in [-0.1, -0.05) is 24.3 Å². The zero-order chi connectivity index (χ0) is 34.1. The van der Waals surface area contributed by atoms with Crippen LogP contribution in [0, 0.1) is 11.3 Å². The predicted octanol–water partition coefficient (Wildman–Crippen LogP) is 3.50. The minimum Gasteiger partial charge on any atom is -0.444 e. The molecular weight excluding hydrogens is 596 g/mol. The normalized spacial score (nSPS) is 14.3. The molecule has 0 radical (unpaired) electrons. The first-order valence-electron chi connectivity index (χ1n) is 16.0. The molecule has 0 bridgehead atoms. The SMILES string of the molecule is CC(C#N)NC(=O)CNC(=O)c1c(-c2ccc(CN)cc2)cnc2ccc(N(C)CCCN3CCN(C(=O)OC(C)(C)C)CC3)cc12. The zero-order valence-electron chi connectivity index (χ0n) is 28.0. The number of benzene rings is 2. The molecule has 1 fully saturated rings. The number of fused-ring (bicyclic) bond motifs is 1. The number of pyridine rings is 1. The van der Waals surface area contributed by atoms with Crippen molar-refractivity contribution in [3.05, 3.63) is 59.8 Å². The second-order valence-electron chi connectivity index (χ2n) is 12.8. The number of nitriles is 1. The van der Waals surface area contributed by atoms with Crippen molar-refractivity contribution < 1.29 is 19.1 Å². The number of nitrogens with two attached hydrogens (primary N) is 1. The highest BCUT2D eigenvalue weighted by Gasteiger charge is 2.26. The summed E-state index contributed by atoms with van der Waals surface area (Å²) in [4.78, 5) is 49.4. The molecule has 250 valence electrons. The summed E-state index contributed by atoms with van der Waals surface area (Å²) in [7, 11) is 2.02. The van der Waals surface area contributed by atoms with Crippen LogP contribution in [0.2, 0.25) is 0 Å². The highest BCUT2D eigenvalue weighted by molar-refractivity contribution is 6.12. The second-order valence-corrected chi connectivity index (χ2v) is 12.8. The maximum atomic E-state index is 13.7. The smallest absolute Gasteiger partial charge is 0.410 e. The van der Waals surface area contributed by atoms with E-state index in [1.54, 1.807) is 18.0 Å². The maximum Gasteiger partial charge on any atom is 0.410 e. The van der Waals surface area contributed by atoms with Gasteiger partial charge in [0.1, 0.15) is 11.6 Å². The topological polar surface area (TPSA) is 157 Å². The fraction of sp³-hybridized carbons (Fsp3) is 0.457. The first kappa shape index (κ1) is 35.1. The molecule has 1 atom stereocenters. The monoisotopic (exact) mass is 642 g/mol. The first-order valence-corrected chi connectivity index (χ1v) is 16.0. The molecule has 4 rings (SSSR count). The first-order chi connectivity index (χ1) is 22.4. The fourth-order valence-electron chi connectivity index (χ4n) is 5.42. The van der Waals surface area contributed by atoms with E-state index in [2.05, 4.69) is 25.4 Å². The highest BCUT2D eigenvalue weighted by Crippen LogP contribution is 2.31. The molecule has 3 amide bonds. The van der Waals surface area contributed by atoms with Crippen molar-refractivity contribution in [1.29, 1.82) is 5.26 Å². The van der Waals surface area contributed by atoms with Gasteiger partial charge in [0.25, 0.3) is 5.91 Å². The molecular formula is C35H46N8O4. The number of piperazine rings is 1. The summed E-state index contributed by atoms with van der Waals surface area (Å²) in [5, 5.41) is 15.0. The zero-order valence-corrected chi connectivity index (χ0v) is 28.0. The van der Waals surface area contributed by atoms with Crippen molar-refractivity contribution in [2.24, 2.45) is 5.73 Å². The van der Waals surface area contributed by atoms with Crippen LogP contribution in [0.5, 0.6) is 0 Å². The van der Waals surface area contributed by atoms with Gasteiger partial charge in [0.05, 0.1) is 23.7 Å². The van der Waals surface area contributed by atoms with E-state index in [4.69, 9.17) is 15.7 Å². The molecule has 0 aliphatic carbocycles. The van der Waals surface area contributed by atoms with Crippen LogP contribution in [-0.2, 0) is 16.1 Å². The number of nitrogens with one attached hydrogen (secondary N) is 2. The Kier molecular flexibility index (Phi) is 11.7. The number of aromatic nitrogens is 1. The lowest BCUT2D eigenvalue weighted by atomic mass is 9.96. The lowest BCUT2D eigenvalue weighted by molar-refractivity contribution is -0.120. The summed E-state index contributed by atoms with van der Waals surface area (Å²) in [6, 6.07) is 14.8. The lowest BCUT2D eigenvalue weighted by Crippen LogP contribution is -2.50. The van der Waals surface area contributed by atoms with Crippen molar-refractivity contribution in [1.82, 2.24) is 25.4 Å². The van der Waals surface area contributed by atoms with Crippen LogP contribution in [0.25, 0.3) is 22.0 Å². The molecule has 47 heavy (non-hydrogen) atoms. The summed E-state index contributed by atoms with van der Waals surface area (Å²) in [6.07, 6.45) is 2.33. The second kappa shape index (κ2) is 15.7. The van der Waals surface area contributed by atoms with E-state index in [1.165, 1.54) is 0 Å². The fourth-order valence-corrected chi connectivity index (χ4v) is 5.42. The largest absolute Gasteiger partial charge is 0.444 e. The Morgan fingerprint density at radius 1 is 1.11 bits per heavy atom. The Morgan fingerprint density at radius 3 is 2.45 bits per heavy atom. The van der Waals surface area contributed by atoms with Crippen molar-refractivity contribution in [3.63, 3.8) is 0 Å². The van der Waals surface area contributed by atoms with Crippen LogP contribution in [0.4, 0.5) is 10.5 Å². The van der Waals surface area contributed by atoms with Gasteiger partial charge >= 0.3 is 6.09 Å². The summed E-state index contributed by atoms with van der Waals surface area (Å²) in [5.41, 5.74) is 9.69. The van der Waals surface area contributed by atoms with Gasteiger partial charge in [-0.2, -0.15) is 5.26 Å². The number of ether oxygens (including phenoxy) is 1. The molecule has 1 unspecified atom stereocenters. The van der Waals surface area contributed by atoms with Crippen LogP contribution >= 0.6 is 0 Å². The summed E-state index contributed by atoms with van der Waals surface area (Å²) in [6.45, 7) is 11.9. The van der Waals surface area contributed by atoms with Crippen LogP contribution in [0.15, 0.2) is 48.7 Å². The van der Waals surface area contributed by atoms with E-state index in [0.29, 0.717) is 41.7 Å². The standard InChI is InChI=1S/C35H46N8O4/c1-24(20-36)40-31(44)23-39-33(45)32-28-19-27(11-12-30(28)38-22-29(32)26-9-7-25(21-37)8-10-26)41(5)13-6-14-42-15-17-43(18-16-42)34(46)47-35(2,3)4/h7-12,19,22,24H,6,13-18,21,23,37H2,1-5H3,(H,39,45)(H,40,44). The molecule has 1 saturated heterocycles. The number of hydrogen-bond donors (Lipinski definition) is 3. The van der Waals surface area contributed by atoms with Gasteiger partial charge in [-0.25, -0.2) is 4.79 Å². The van der Waals surface area contributed by atoms with Gasteiger partial charge in [0.2, 0.25) is 5.91 Å². The van der Waals surface area contributed by atoms with Gasteiger partial charge in [-0.15, -0.1) is 0 Å². The van der Waals surface area contributed by atoms with Crippen molar-refractivity contribution >= 4 is 34.5 Å². The quantitative estimate of drug-likeness (QED) is 0.285. The van der Waals surface area contributed by atoms with E-state index in [0.717, 1.165) is 49.4 Å². The Bertz CT molecular complexity index is 1600. The van der Waals surface area contributed by atoms with Crippen LogP contribution in [0.1, 0.15) is 50.0 Å². The highest BCUT2D eigenvalue weighted by atomic mass is 16.6. The van der Waals surface area contributed by atoms with E-state index in [-0.39, 0.29) is 12.6 Å². The number of rotatable bonds is 11. The maximum absolute atomic E-state index is 13.7. The minimum absolute atomic E-state index is 0.261. The van der Waals surface area contributed by atoms with Crippen LogP contribution in [-0.4, -0.2) is 97.2 Å². The summed E-state index contributed by atoms with van der Waals surface area (Å²) >= 11 is 0. The van der Waals surface area contributed by atoms with E-state index < -0.39 is 23.5 Å². The molecule has 1 aliphatic heterocycles. The molecule has 0 saturated carbocycles. The van der Waals surface area contributed by atoms with Gasteiger partial charge in [0, 0.05) is 69.2 Å². The van der Waals surface area contributed by atoms with Crippen LogP contribution < -0.4 is 21.3 Å². The van der Waals surface area contributed by atoms with Gasteiger partial charge in [-0.3, -0.25) is 19.5 Å². The third-order valence-electron chi connectivity index (χ3n) is 7.99. The molecule has 4 N–H and O–H groups in total. The predicted molar refractivity (Wildman–Crippen MR) is 183 cm³/mol. The van der Waals surface area contributed by atoms with Gasteiger partial charge in [0.15, 0.2) is 0 Å². The number of nitrogens with zero attached hydrogens (tertiary/aromatic N) is 5. The summed E-state index contributed by atoms with van der Waals surface area (Å²) in [5.74, 6) is -0.869. The molecule has 2 aromatic carbocycles. The molecule has 3 aromatic rings. The Hall–Kier alpha value is -4.73. The van der Waals surface area contributed by atoms with Crippen LogP contribution in [0.3, 0.4) is 0 Å². The number of amides is 3. The summed E-state index contributed by atoms with van der Waals surface area (Å²) < 4.78 is 5.51. The third-order valence-corrected chi connectivity index (χ3v) is 7.99. The minimum atomic E-state index is -0.669. The Balaban J connectivity index is 1.48. The van der Waals surface area contributed by atoms with Gasteiger partial charge < -0.3 is 30.9 Å². The number of anilines is 1. The molecule has 1 aliphatic rings.